The van der Waals surface area contributed by atoms with Crippen LogP contribution in [0.1, 0.15) is 19.4 Å². The summed E-state index contributed by atoms with van der Waals surface area (Å²) in [5.41, 5.74) is 0.192. The third-order valence-electron chi connectivity index (χ3n) is 3.94. The van der Waals surface area contributed by atoms with Crippen LogP contribution in [0.4, 0.5) is 4.39 Å². The van der Waals surface area contributed by atoms with Gasteiger partial charge in [0, 0.05) is 26.2 Å². The molecule has 1 aliphatic heterocycles. The zero-order valence-corrected chi connectivity index (χ0v) is 12.5. The molecule has 0 atom stereocenters. The molecule has 1 fully saturated rings. The fraction of sp³-hybridized carbons (Fsp3) is 0.500. The standard InChI is InChI=1S/C16H20FN3O/c1-16(2,12-18)20-8-6-19(7-9-20)15(21)11-13-4-3-5-14(17)10-13/h3-5,10H,6-9,11H2,1-2H3. The molecule has 5 heteroatoms. The Kier molecular flexibility index (Phi) is 4.59. The molecule has 1 aromatic rings. The molecular weight excluding hydrogens is 269 g/mol. The maximum Gasteiger partial charge on any atom is 0.227 e. The van der Waals surface area contributed by atoms with E-state index in [4.69, 9.17) is 5.26 Å². The van der Waals surface area contributed by atoms with Crippen LogP contribution >= 0.6 is 0 Å². The lowest BCUT2D eigenvalue weighted by molar-refractivity contribution is -0.132. The Bertz CT molecular complexity index is 557. The molecule has 0 aliphatic carbocycles. The minimum absolute atomic E-state index is 0.00927. The summed E-state index contributed by atoms with van der Waals surface area (Å²) in [7, 11) is 0. The van der Waals surface area contributed by atoms with Gasteiger partial charge in [-0.2, -0.15) is 5.26 Å². The first-order chi connectivity index (χ1) is 9.92. The van der Waals surface area contributed by atoms with Gasteiger partial charge >= 0.3 is 0 Å². The molecule has 21 heavy (non-hydrogen) atoms. The average molecular weight is 289 g/mol. The molecule has 0 N–H and O–H groups in total. The van der Waals surface area contributed by atoms with Gasteiger partial charge < -0.3 is 4.90 Å². The van der Waals surface area contributed by atoms with E-state index in [-0.39, 0.29) is 18.1 Å². The van der Waals surface area contributed by atoms with Crippen LogP contribution in [-0.4, -0.2) is 47.4 Å². The lowest BCUT2D eigenvalue weighted by atomic mass is 10.0. The number of nitrogens with zero attached hydrogens (tertiary/aromatic N) is 3. The molecule has 0 saturated carbocycles. The number of hydrogen-bond acceptors (Lipinski definition) is 3. The fourth-order valence-electron chi connectivity index (χ4n) is 2.52. The fourth-order valence-corrected chi connectivity index (χ4v) is 2.52. The minimum atomic E-state index is -0.502. The van der Waals surface area contributed by atoms with Gasteiger partial charge in [-0.3, -0.25) is 9.69 Å². The molecule has 0 spiro atoms. The first kappa shape index (κ1) is 15.5. The van der Waals surface area contributed by atoms with E-state index >= 15 is 0 Å². The highest BCUT2D eigenvalue weighted by Gasteiger charge is 2.30. The molecule has 4 nitrogen and oxygen atoms in total. The van der Waals surface area contributed by atoms with E-state index in [9.17, 15) is 9.18 Å². The maximum absolute atomic E-state index is 13.1. The lowest BCUT2D eigenvalue weighted by Gasteiger charge is -2.40. The van der Waals surface area contributed by atoms with Crippen molar-refractivity contribution in [3.8, 4) is 6.07 Å². The zero-order chi connectivity index (χ0) is 15.5. The molecule has 1 heterocycles. The van der Waals surface area contributed by atoms with Crippen molar-refractivity contribution in [3.05, 3.63) is 35.6 Å². The van der Waals surface area contributed by atoms with Crippen LogP contribution in [0.15, 0.2) is 24.3 Å². The Balaban J connectivity index is 1.91. The summed E-state index contributed by atoms with van der Waals surface area (Å²) in [6.07, 6.45) is 0.222. The Morgan fingerprint density at radius 1 is 1.33 bits per heavy atom. The van der Waals surface area contributed by atoms with Crippen LogP contribution < -0.4 is 0 Å². The first-order valence-electron chi connectivity index (χ1n) is 7.11. The van der Waals surface area contributed by atoms with Gasteiger partial charge in [-0.15, -0.1) is 0 Å². The van der Waals surface area contributed by atoms with E-state index in [0.717, 1.165) is 0 Å². The summed E-state index contributed by atoms with van der Waals surface area (Å²) in [6.45, 7) is 6.37. The summed E-state index contributed by atoms with van der Waals surface area (Å²) >= 11 is 0. The number of carbonyl (C=O) groups excluding carboxylic acids is 1. The second kappa shape index (κ2) is 6.23. The monoisotopic (exact) mass is 289 g/mol. The van der Waals surface area contributed by atoms with Gasteiger partial charge in [0.1, 0.15) is 11.4 Å². The summed E-state index contributed by atoms with van der Waals surface area (Å²) in [5.74, 6) is -0.309. The van der Waals surface area contributed by atoms with E-state index < -0.39 is 5.54 Å². The second-order valence-corrected chi connectivity index (χ2v) is 5.85. The number of halogens is 1. The SMILES string of the molecule is CC(C)(C#N)N1CCN(C(=O)Cc2cccc(F)c2)CC1. The van der Waals surface area contributed by atoms with Crippen molar-refractivity contribution in [2.75, 3.05) is 26.2 Å². The van der Waals surface area contributed by atoms with E-state index in [0.29, 0.717) is 31.7 Å². The van der Waals surface area contributed by atoms with Crippen molar-refractivity contribution in [3.63, 3.8) is 0 Å². The minimum Gasteiger partial charge on any atom is -0.340 e. The third kappa shape index (κ3) is 3.79. The van der Waals surface area contributed by atoms with Gasteiger partial charge in [0.15, 0.2) is 0 Å². The van der Waals surface area contributed by atoms with Crippen molar-refractivity contribution in [1.29, 1.82) is 5.26 Å². The number of hydrogen-bond donors (Lipinski definition) is 0. The van der Waals surface area contributed by atoms with Crippen molar-refractivity contribution in [2.24, 2.45) is 0 Å². The van der Waals surface area contributed by atoms with Gasteiger partial charge in [-0.25, -0.2) is 4.39 Å². The highest BCUT2D eigenvalue weighted by atomic mass is 19.1. The third-order valence-corrected chi connectivity index (χ3v) is 3.94. The number of benzene rings is 1. The van der Waals surface area contributed by atoms with E-state index in [1.165, 1.54) is 12.1 Å². The number of amides is 1. The van der Waals surface area contributed by atoms with Crippen LogP contribution in [0.2, 0.25) is 0 Å². The Hall–Kier alpha value is -1.93. The van der Waals surface area contributed by atoms with Gasteiger partial charge in [-0.1, -0.05) is 12.1 Å². The van der Waals surface area contributed by atoms with E-state index in [1.54, 1.807) is 17.0 Å². The van der Waals surface area contributed by atoms with Crippen molar-refractivity contribution in [1.82, 2.24) is 9.80 Å². The van der Waals surface area contributed by atoms with Crippen LogP contribution in [0.25, 0.3) is 0 Å². The summed E-state index contributed by atoms with van der Waals surface area (Å²) in [6, 6.07) is 8.43. The second-order valence-electron chi connectivity index (χ2n) is 5.85. The van der Waals surface area contributed by atoms with Crippen LogP contribution in [0.3, 0.4) is 0 Å². The topological polar surface area (TPSA) is 47.3 Å². The van der Waals surface area contributed by atoms with Crippen molar-refractivity contribution < 1.29 is 9.18 Å². The molecule has 2 rings (SSSR count). The zero-order valence-electron chi connectivity index (χ0n) is 12.5. The highest BCUT2D eigenvalue weighted by Crippen LogP contribution is 2.16. The molecule has 1 aromatic carbocycles. The van der Waals surface area contributed by atoms with Gasteiger partial charge in [0.2, 0.25) is 5.91 Å². The quantitative estimate of drug-likeness (QED) is 0.852. The van der Waals surface area contributed by atoms with Crippen LogP contribution in [0.5, 0.6) is 0 Å². The molecule has 1 saturated heterocycles. The average Bonchev–Trinajstić information content (AvgIpc) is 2.47. The maximum atomic E-state index is 13.1. The van der Waals surface area contributed by atoms with Gasteiger partial charge in [0.25, 0.3) is 0 Å². The first-order valence-corrected chi connectivity index (χ1v) is 7.11. The number of rotatable bonds is 3. The summed E-state index contributed by atoms with van der Waals surface area (Å²) in [5, 5.41) is 9.13. The van der Waals surface area contributed by atoms with Gasteiger partial charge in [-0.05, 0) is 31.5 Å². The predicted molar refractivity (Wildman–Crippen MR) is 77.9 cm³/mol. The van der Waals surface area contributed by atoms with E-state index in [2.05, 4.69) is 11.0 Å². The summed E-state index contributed by atoms with van der Waals surface area (Å²) in [4.78, 5) is 16.1. The lowest BCUT2D eigenvalue weighted by Crippen LogP contribution is -2.55. The molecule has 112 valence electrons. The molecule has 0 aromatic heterocycles. The molecule has 0 bridgehead atoms. The smallest absolute Gasteiger partial charge is 0.227 e. The largest absolute Gasteiger partial charge is 0.340 e. The Labute approximate surface area is 124 Å². The molecular formula is C16H20FN3O. The van der Waals surface area contributed by atoms with Crippen molar-refractivity contribution >= 4 is 5.91 Å². The Morgan fingerprint density at radius 3 is 2.57 bits per heavy atom. The Morgan fingerprint density at radius 2 is 2.00 bits per heavy atom. The summed E-state index contributed by atoms with van der Waals surface area (Å²) < 4.78 is 13.1. The molecule has 1 amide bonds. The highest BCUT2D eigenvalue weighted by molar-refractivity contribution is 5.78. The van der Waals surface area contributed by atoms with Crippen LogP contribution in [-0.2, 0) is 11.2 Å². The predicted octanol–water partition coefficient (Wildman–Crippen LogP) is 1.81. The normalized spacial score (nSPS) is 16.6. The molecule has 0 radical (unpaired) electrons. The van der Waals surface area contributed by atoms with Crippen LogP contribution in [0, 0.1) is 17.1 Å². The number of nitriles is 1. The molecule has 1 aliphatic rings. The number of carbonyl (C=O) groups is 1. The number of piperazine rings is 1. The van der Waals surface area contributed by atoms with Crippen molar-refractivity contribution in [2.45, 2.75) is 25.8 Å². The van der Waals surface area contributed by atoms with Gasteiger partial charge in [0.05, 0.1) is 12.5 Å². The molecule has 0 unspecified atom stereocenters. The van der Waals surface area contributed by atoms with E-state index in [1.807, 2.05) is 13.8 Å².